The van der Waals surface area contributed by atoms with Gasteiger partial charge in [0.05, 0.1) is 11.7 Å². The van der Waals surface area contributed by atoms with E-state index in [2.05, 4.69) is 16.4 Å². The lowest BCUT2D eigenvalue weighted by molar-refractivity contribution is -0.152. The lowest BCUT2D eigenvalue weighted by Gasteiger charge is -2.43. The van der Waals surface area contributed by atoms with Gasteiger partial charge in [0.15, 0.2) is 0 Å². The van der Waals surface area contributed by atoms with Crippen LogP contribution in [-0.4, -0.2) is 63.6 Å². The van der Waals surface area contributed by atoms with Gasteiger partial charge in [-0.15, -0.1) is 0 Å². The highest BCUT2D eigenvalue weighted by Crippen LogP contribution is 2.34. The van der Waals surface area contributed by atoms with Gasteiger partial charge in [-0.3, -0.25) is 19.2 Å². The summed E-state index contributed by atoms with van der Waals surface area (Å²) in [6.45, 7) is 3.70. The molecular weight excluding hydrogens is 318 g/mol. The molecule has 1 unspecified atom stereocenters. The van der Waals surface area contributed by atoms with Crippen LogP contribution in [0.5, 0.6) is 0 Å². The number of fused-ring (bicyclic) bond motifs is 1. The number of amides is 2. The van der Waals surface area contributed by atoms with Gasteiger partial charge in [0.1, 0.15) is 0 Å². The number of rotatable bonds is 3. The molecular formula is C18H27N5O2. The van der Waals surface area contributed by atoms with Gasteiger partial charge in [-0.25, -0.2) is 0 Å². The number of carbonyl (C=O) groups is 2. The summed E-state index contributed by atoms with van der Waals surface area (Å²) in [5.74, 6) is -0.237. The van der Waals surface area contributed by atoms with Crippen LogP contribution in [0.25, 0.3) is 0 Å². The maximum absolute atomic E-state index is 12.0. The van der Waals surface area contributed by atoms with Crippen molar-refractivity contribution in [3.63, 3.8) is 0 Å². The zero-order valence-corrected chi connectivity index (χ0v) is 14.9. The first kappa shape index (κ1) is 16.6. The molecule has 0 radical (unpaired) electrons. The first-order valence-corrected chi connectivity index (χ1v) is 9.45. The van der Waals surface area contributed by atoms with Crippen LogP contribution < -0.4 is 5.32 Å². The molecule has 1 aliphatic carbocycles. The van der Waals surface area contributed by atoms with E-state index >= 15 is 0 Å². The van der Waals surface area contributed by atoms with Gasteiger partial charge in [0, 0.05) is 57.4 Å². The van der Waals surface area contributed by atoms with Gasteiger partial charge in [0.2, 0.25) is 0 Å². The maximum Gasteiger partial charge on any atom is 0.312 e. The predicted octanol–water partition coefficient (Wildman–Crippen LogP) is 0.610. The Labute approximate surface area is 148 Å². The molecule has 4 rings (SSSR count). The fourth-order valence-corrected chi connectivity index (χ4v) is 4.56. The molecule has 0 aromatic carbocycles. The van der Waals surface area contributed by atoms with Crippen LogP contribution in [0.2, 0.25) is 0 Å². The zero-order chi connectivity index (χ0) is 17.4. The minimum Gasteiger partial charge on any atom is -0.346 e. The summed E-state index contributed by atoms with van der Waals surface area (Å²) in [5.41, 5.74) is 2.60. The van der Waals surface area contributed by atoms with E-state index in [4.69, 9.17) is 5.10 Å². The van der Waals surface area contributed by atoms with E-state index in [9.17, 15) is 9.59 Å². The third-order valence-corrected chi connectivity index (χ3v) is 5.84. The van der Waals surface area contributed by atoms with E-state index in [1.807, 2.05) is 11.7 Å². The monoisotopic (exact) mass is 345 g/mol. The smallest absolute Gasteiger partial charge is 0.312 e. The molecule has 0 spiro atoms. The van der Waals surface area contributed by atoms with Crippen molar-refractivity contribution in [1.82, 2.24) is 24.9 Å². The van der Waals surface area contributed by atoms with E-state index in [1.54, 1.807) is 4.90 Å². The second-order valence-electron chi connectivity index (χ2n) is 7.65. The van der Waals surface area contributed by atoms with Crippen molar-refractivity contribution in [1.29, 1.82) is 0 Å². The Morgan fingerprint density at radius 3 is 2.80 bits per heavy atom. The molecule has 1 aromatic heterocycles. The van der Waals surface area contributed by atoms with E-state index in [0.717, 1.165) is 19.6 Å². The number of aryl methyl sites for hydroxylation is 1. The Hall–Kier alpha value is -1.89. The van der Waals surface area contributed by atoms with Gasteiger partial charge < -0.3 is 10.2 Å². The molecule has 2 amide bonds. The second-order valence-corrected chi connectivity index (χ2v) is 7.65. The van der Waals surface area contributed by atoms with Gasteiger partial charge in [-0.2, -0.15) is 5.10 Å². The highest BCUT2D eigenvalue weighted by molar-refractivity contribution is 6.35. The standard InChI is InChI=1S/C18H27N5O2/c1-21-10-14(16(20-21)13-5-3-2-4-6-13)11-22-7-8-23-15(12-22)9-19-17(24)18(23)25/h10,13,15H,2-9,11-12H2,1H3,(H,19,24). The van der Waals surface area contributed by atoms with Gasteiger partial charge in [-0.05, 0) is 12.8 Å². The van der Waals surface area contributed by atoms with E-state index in [-0.39, 0.29) is 11.9 Å². The fraction of sp³-hybridized carbons (Fsp3) is 0.722. The first-order chi connectivity index (χ1) is 12.1. The van der Waals surface area contributed by atoms with E-state index in [1.165, 1.54) is 43.4 Å². The molecule has 1 N–H and O–H groups in total. The molecule has 2 aliphatic heterocycles. The summed E-state index contributed by atoms with van der Waals surface area (Å²) in [6, 6.07) is 0.0914. The molecule has 2 saturated heterocycles. The second kappa shape index (κ2) is 6.78. The highest BCUT2D eigenvalue weighted by Gasteiger charge is 2.37. The van der Waals surface area contributed by atoms with Gasteiger partial charge in [0.25, 0.3) is 0 Å². The lowest BCUT2D eigenvalue weighted by Crippen LogP contribution is -2.65. The normalized spacial score (nSPS) is 25.8. The molecule has 3 heterocycles. The average molecular weight is 345 g/mol. The molecule has 1 atom stereocenters. The molecule has 7 heteroatoms. The minimum absolute atomic E-state index is 0.0914. The van der Waals surface area contributed by atoms with Crippen LogP contribution in [0, 0.1) is 0 Å². The molecule has 0 bridgehead atoms. The molecule has 3 aliphatic rings. The topological polar surface area (TPSA) is 70.5 Å². The summed E-state index contributed by atoms with van der Waals surface area (Å²) < 4.78 is 1.94. The van der Waals surface area contributed by atoms with Crippen molar-refractivity contribution in [2.45, 2.75) is 50.6 Å². The predicted molar refractivity (Wildman–Crippen MR) is 92.8 cm³/mol. The minimum atomic E-state index is -0.462. The van der Waals surface area contributed by atoms with Crippen molar-refractivity contribution < 1.29 is 9.59 Å². The Kier molecular flexibility index (Phi) is 4.50. The van der Waals surface area contributed by atoms with Crippen molar-refractivity contribution in [3.8, 4) is 0 Å². The highest BCUT2D eigenvalue weighted by atomic mass is 16.2. The SMILES string of the molecule is Cn1cc(CN2CCN3C(=O)C(=O)NCC3C2)c(C2CCCCC2)n1. The van der Waals surface area contributed by atoms with Crippen LogP contribution in [0.4, 0.5) is 0 Å². The Morgan fingerprint density at radius 2 is 2.00 bits per heavy atom. The largest absolute Gasteiger partial charge is 0.346 e. The quantitative estimate of drug-likeness (QED) is 0.815. The van der Waals surface area contributed by atoms with Gasteiger partial charge >= 0.3 is 11.8 Å². The summed E-state index contributed by atoms with van der Waals surface area (Å²) in [7, 11) is 2.00. The van der Waals surface area contributed by atoms with Gasteiger partial charge in [-0.1, -0.05) is 19.3 Å². The van der Waals surface area contributed by atoms with E-state index < -0.39 is 5.91 Å². The van der Waals surface area contributed by atoms with Crippen LogP contribution >= 0.6 is 0 Å². The number of carbonyl (C=O) groups excluding carboxylic acids is 2. The Bertz CT molecular complexity index is 664. The van der Waals surface area contributed by atoms with Crippen molar-refractivity contribution in [3.05, 3.63) is 17.5 Å². The fourth-order valence-electron chi connectivity index (χ4n) is 4.56. The number of aromatic nitrogens is 2. The van der Waals surface area contributed by atoms with Crippen molar-refractivity contribution in [2.24, 2.45) is 7.05 Å². The third-order valence-electron chi connectivity index (χ3n) is 5.84. The average Bonchev–Trinajstić information content (AvgIpc) is 2.99. The molecule has 7 nitrogen and oxygen atoms in total. The molecule has 25 heavy (non-hydrogen) atoms. The van der Waals surface area contributed by atoms with Crippen molar-refractivity contribution in [2.75, 3.05) is 26.2 Å². The van der Waals surface area contributed by atoms with E-state index in [0.29, 0.717) is 19.0 Å². The third kappa shape index (κ3) is 3.29. The molecule has 3 fully saturated rings. The number of nitrogens with zero attached hydrogens (tertiary/aromatic N) is 4. The molecule has 136 valence electrons. The lowest BCUT2D eigenvalue weighted by atomic mass is 9.85. The van der Waals surface area contributed by atoms with Crippen LogP contribution in [0.3, 0.4) is 0 Å². The summed E-state index contributed by atoms with van der Waals surface area (Å²) in [5, 5.41) is 7.48. The van der Waals surface area contributed by atoms with Crippen LogP contribution in [0.15, 0.2) is 6.20 Å². The Morgan fingerprint density at radius 1 is 1.20 bits per heavy atom. The first-order valence-electron chi connectivity index (χ1n) is 9.45. The molecule has 1 aromatic rings. The van der Waals surface area contributed by atoms with Crippen LogP contribution in [0.1, 0.15) is 49.3 Å². The Balaban J connectivity index is 1.45. The molecule has 1 saturated carbocycles. The summed E-state index contributed by atoms with van der Waals surface area (Å²) >= 11 is 0. The maximum atomic E-state index is 12.0. The van der Waals surface area contributed by atoms with Crippen molar-refractivity contribution >= 4 is 11.8 Å². The number of hydrogen-bond acceptors (Lipinski definition) is 4. The number of hydrogen-bond donors (Lipinski definition) is 1. The summed E-state index contributed by atoms with van der Waals surface area (Å²) in [6.07, 6.45) is 8.63. The van der Waals surface area contributed by atoms with Crippen LogP contribution in [-0.2, 0) is 23.2 Å². The number of nitrogens with one attached hydrogen (secondary N) is 1. The zero-order valence-electron chi connectivity index (χ0n) is 14.9. The number of piperazine rings is 2. The summed E-state index contributed by atoms with van der Waals surface area (Å²) in [4.78, 5) is 27.6.